The summed E-state index contributed by atoms with van der Waals surface area (Å²) in [5.74, 6) is -0.00489. The number of pyridine rings is 1. The van der Waals surface area contributed by atoms with E-state index in [1.165, 1.54) is 26.3 Å². The van der Waals surface area contributed by atoms with Crippen LogP contribution in [-0.4, -0.2) is 36.7 Å². The summed E-state index contributed by atoms with van der Waals surface area (Å²) in [6, 6.07) is 8.49. The van der Waals surface area contributed by atoms with Crippen LogP contribution < -0.4 is 14.8 Å². The largest absolute Gasteiger partial charge is 0.493 e. The Hall–Kier alpha value is -3.06. The van der Waals surface area contributed by atoms with Crippen LogP contribution in [0.5, 0.6) is 11.5 Å². The Morgan fingerprint density at radius 1 is 1.29 bits per heavy atom. The van der Waals surface area contributed by atoms with Gasteiger partial charge in [-0.05, 0) is 49.8 Å². The predicted molar refractivity (Wildman–Crippen MR) is 107 cm³/mol. The molecule has 0 aliphatic heterocycles. The van der Waals surface area contributed by atoms with Crippen LogP contribution in [0.2, 0.25) is 5.15 Å². The summed E-state index contributed by atoms with van der Waals surface area (Å²) in [6.07, 6.45) is 3.28. The molecule has 28 heavy (non-hydrogen) atoms. The Balaban J connectivity index is 1.95. The van der Waals surface area contributed by atoms with Crippen LogP contribution in [0, 0.1) is 0 Å². The Morgan fingerprint density at radius 2 is 2.07 bits per heavy atom. The zero-order valence-electron chi connectivity index (χ0n) is 15.8. The van der Waals surface area contributed by atoms with Gasteiger partial charge in [0.15, 0.2) is 22.8 Å². The molecule has 1 atom stereocenters. The number of halogens is 1. The molecule has 2 aromatic rings. The number of esters is 1. The minimum atomic E-state index is -1.01. The van der Waals surface area contributed by atoms with Crippen molar-refractivity contribution in [3.05, 3.63) is 53.3 Å². The van der Waals surface area contributed by atoms with Gasteiger partial charge < -0.3 is 19.5 Å². The molecule has 0 unspecified atom stereocenters. The van der Waals surface area contributed by atoms with Gasteiger partial charge in [0.2, 0.25) is 0 Å². The van der Waals surface area contributed by atoms with Crippen molar-refractivity contribution in [1.82, 2.24) is 4.98 Å². The maximum Gasteiger partial charge on any atom is 0.331 e. The van der Waals surface area contributed by atoms with Crippen molar-refractivity contribution >= 4 is 35.2 Å². The summed E-state index contributed by atoms with van der Waals surface area (Å²) >= 11 is 5.89. The minimum absolute atomic E-state index is 0.152. The molecular weight excluding hydrogens is 384 g/mol. The van der Waals surface area contributed by atoms with Crippen molar-refractivity contribution in [1.29, 1.82) is 0 Å². The van der Waals surface area contributed by atoms with Crippen molar-refractivity contribution in [2.75, 3.05) is 19.0 Å². The van der Waals surface area contributed by atoms with Gasteiger partial charge in [-0.25, -0.2) is 9.78 Å². The molecule has 1 aromatic heterocycles. The summed E-state index contributed by atoms with van der Waals surface area (Å²) in [5.41, 5.74) is 1.06. The van der Waals surface area contributed by atoms with E-state index in [-0.39, 0.29) is 5.15 Å². The van der Waals surface area contributed by atoms with Gasteiger partial charge in [-0.2, -0.15) is 0 Å². The molecule has 0 radical (unpaired) electrons. The van der Waals surface area contributed by atoms with Gasteiger partial charge in [-0.1, -0.05) is 17.7 Å². The van der Waals surface area contributed by atoms with Gasteiger partial charge in [0.05, 0.1) is 19.4 Å². The van der Waals surface area contributed by atoms with Gasteiger partial charge in [0, 0.05) is 12.3 Å². The van der Waals surface area contributed by atoms with Gasteiger partial charge in [0.1, 0.15) is 0 Å². The summed E-state index contributed by atoms with van der Waals surface area (Å²) in [5, 5.41) is 2.71. The van der Waals surface area contributed by atoms with E-state index < -0.39 is 18.0 Å². The first kappa shape index (κ1) is 21.2. The van der Waals surface area contributed by atoms with E-state index in [9.17, 15) is 9.59 Å². The summed E-state index contributed by atoms with van der Waals surface area (Å²) < 4.78 is 15.8. The standard InChI is InChI=1S/C20H21ClN2O5/c1-4-27-16-9-7-14(12-17(16)26-3)8-10-18(24)28-13(2)20(25)23-15-6-5-11-22-19(15)21/h5-13H,4H2,1-3H3,(H,23,25)/b10-8+/t13-/m1/s1. The molecule has 148 valence electrons. The van der Waals surface area contributed by atoms with Crippen LogP contribution in [0.15, 0.2) is 42.6 Å². The molecule has 1 amide bonds. The lowest BCUT2D eigenvalue weighted by Gasteiger charge is -2.12. The van der Waals surface area contributed by atoms with E-state index in [1.54, 1.807) is 36.4 Å². The number of nitrogens with zero attached hydrogens (tertiary/aromatic N) is 1. The number of rotatable bonds is 8. The number of anilines is 1. The molecule has 1 N–H and O–H groups in total. The average Bonchev–Trinajstić information content (AvgIpc) is 2.69. The second kappa shape index (κ2) is 10.3. The van der Waals surface area contributed by atoms with Gasteiger partial charge in [-0.15, -0.1) is 0 Å². The van der Waals surface area contributed by atoms with Gasteiger partial charge >= 0.3 is 5.97 Å². The molecular formula is C20H21ClN2O5. The number of hydrogen-bond acceptors (Lipinski definition) is 6. The highest BCUT2D eigenvalue weighted by molar-refractivity contribution is 6.32. The van der Waals surface area contributed by atoms with Crippen molar-refractivity contribution in [3.63, 3.8) is 0 Å². The topological polar surface area (TPSA) is 86.8 Å². The van der Waals surface area contributed by atoms with Crippen LogP contribution in [-0.2, 0) is 14.3 Å². The van der Waals surface area contributed by atoms with Gasteiger partial charge in [0.25, 0.3) is 5.91 Å². The molecule has 0 bridgehead atoms. The maximum absolute atomic E-state index is 12.1. The van der Waals surface area contributed by atoms with Crippen molar-refractivity contribution in [2.45, 2.75) is 20.0 Å². The highest BCUT2D eigenvalue weighted by Crippen LogP contribution is 2.28. The van der Waals surface area contributed by atoms with Crippen molar-refractivity contribution in [2.24, 2.45) is 0 Å². The monoisotopic (exact) mass is 404 g/mol. The number of methoxy groups -OCH3 is 1. The van der Waals surface area contributed by atoms with E-state index in [1.807, 2.05) is 6.92 Å². The van der Waals surface area contributed by atoms with E-state index in [0.717, 1.165) is 5.56 Å². The number of hydrogen-bond donors (Lipinski definition) is 1. The van der Waals surface area contributed by atoms with Gasteiger partial charge in [-0.3, -0.25) is 4.79 Å². The molecule has 0 aliphatic carbocycles. The lowest BCUT2D eigenvalue weighted by Crippen LogP contribution is -2.29. The first-order valence-electron chi connectivity index (χ1n) is 8.55. The molecule has 0 fully saturated rings. The second-order valence-electron chi connectivity index (χ2n) is 5.59. The highest BCUT2D eigenvalue weighted by Gasteiger charge is 2.17. The summed E-state index contributed by atoms with van der Waals surface area (Å²) in [4.78, 5) is 28.0. The smallest absolute Gasteiger partial charge is 0.331 e. The number of carbonyl (C=O) groups is 2. The molecule has 0 spiro atoms. The Bertz CT molecular complexity index is 869. The summed E-state index contributed by atoms with van der Waals surface area (Å²) in [7, 11) is 1.54. The lowest BCUT2D eigenvalue weighted by atomic mass is 10.2. The van der Waals surface area contributed by atoms with Crippen LogP contribution in [0.4, 0.5) is 5.69 Å². The SMILES string of the molecule is CCOc1ccc(/C=C/C(=O)O[C@H](C)C(=O)Nc2cccnc2Cl)cc1OC. The fourth-order valence-corrected chi connectivity index (χ4v) is 2.37. The van der Waals surface area contributed by atoms with Crippen LogP contribution in [0.25, 0.3) is 6.08 Å². The third-order valence-corrected chi connectivity index (χ3v) is 3.88. The molecule has 0 saturated heterocycles. The van der Waals surface area contributed by atoms with E-state index in [0.29, 0.717) is 23.8 Å². The third-order valence-electron chi connectivity index (χ3n) is 3.58. The molecule has 0 saturated carbocycles. The molecule has 8 heteroatoms. The fourth-order valence-electron chi connectivity index (χ4n) is 2.21. The van der Waals surface area contributed by atoms with Crippen molar-refractivity contribution in [3.8, 4) is 11.5 Å². The average molecular weight is 405 g/mol. The molecule has 1 aromatic carbocycles. The first-order valence-corrected chi connectivity index (χ1v) is 8.93. The van der Waals surface area contributed by atoms with Crippen LogP contribution in [0.1, 0.15) is 19.4 Å². The first-order chi connectivity index (χ1) is 13.4. The number of carbonyl (C=O) groups excluding carboxylic acids is 2. The highest BCUT2D eigenvalue weighted by atomic mass is 35.5. The van der Waals surface area contributed by atoms with Crippen LogP contribution in [0.3, 0.4) is 0 Å². The van der Waals surface area contributed by atoms with E-state index >= 15 is 0 Å². The summed E-state index contributed by atoms with van der Waals surface area (Å²) in [6.45, 7) is 3.86. The zero-order valence-corrected chi connectivity index (χ0v) is 16.5. The maximum atomic E-state index is 12.1. The molecule has 1 heterocycles. The van der Waals surface area contributed by atoms with Crippen molar-refractivity contribution < 1.29 is 23.8 Å². The Kier molecular flexibility index (Phi) is 7.83. The molecule has 0 aliphatic rings. The lowest BCUT2D eigenvalue weighted by molar-refractivity contribution is -0.148. The fraction of sp³-hybridized carbons (Fsp3) is 0.250. The second-order valence-corrected chi connectivity index (χ2v) is 5.94. The quantitative estimate of drug-likeness (QED) is 0.410. The number of aromatic nitrogens is 1. The molecule has 2 rings (SSSR count). The zero-order chi connectivity index (χ0) is 20.5. The normalized spacial score (nSPS) is 11.7. The Morgan fingerprint density at radius 3 is 2.75 bits per heavy atom. The minimum Gasteiger partial charge on any atom is -0.493 e. The van der Waals surface area contributed by atoms with E-state index in [4.69, 9.17) is 25.8 Å². The Labute approximate surface area is 168 Å². The van der Waals surface area contributed by atoms with E-state index in [2.05, 4.69) is 10.3 Å². The van der Waals surface area contributed by atoms with Crippen LogP contribution >= 0.6 is 11.6 Å². The number of benzene rings is 1. The predicted octanol–water partition coefficient (Wildman–Crippen LogP) is 3.73. The number of amides is 1. The number of ether oxygens (including phenoxy) is 3. The third kappa shape index (κ3) is 5.99. The number of nitrogens with one attached hydrogen (secondary N) is 1. The molecule has 7 nitrogen and oxygen atoms in total.